The number of ether oxygens (including phenoxy) is 2. The molecule has 2 aromatic carbocycles. The van der Waals surface area contributed by atoms with Crippen molar-refractivity contribution in [2.75, 3.05) is 6.54 Å². The summed E-state index contributed by atoms with van der Waals surface area (Å²) in [4.78, 5) is 39.8. The van der Waals surface area contributed by atoms with E-state index in [1.54, 1.807) is 0 Å². The van der Waals surface area contributed by atoms with Gasteiger partial charge in [-0.2, -0.15) is 0 Å². The SMILES string of the molecule is CC(C)C[C@H](NC(=O)[C@H]1CCCN1C(=O)OCc1ccccc1)C(=O)OCc1ccccc1. The van der Waals surface area contributed by atoms with Crippen molar-refractivity contribution in [1.82, 2.24) is 10.2 Å². The third-order valence-corrected chi connectivity index (χ3v) is 5.53. The lowest BCUT2D eigenvalue weighted by Gasteiger charge is -2.26. The third kappa shape index (κ3) is 7.34. The number of hydrogen-bond acceptors (Lipinski definition) is 5. The highest BCUT2D eigenvalue weighted by Crippen LogP contribution is 2.20. The highest BCUT2D eigenvalue weighted by Gasteiger charge is 2.37. The number of nitrogens with one attached hydrogen (secondary N) is 1. The maximum absolute atomic E-state index is 13.0. The van der Waals surface area contributed by atoms with Crippen LogP contribution in [0.1, 0.15) is 44.2 Å². The van der Waals surface area contributed by atoms with Crippen LogP contribution in [0.15, 0.2) is 60.7 Å². The van der Waals surface area contributed by atoms with Gasteiger partial charge >= 0.3 is 12.1 Å². The standard InChI is InChI=1S/C26H32N2O5/c1-19(2)16-22(25(30)32-17-20-10-5-3-6-11-20)27-24(29)23-14-9-15-28(23)26(31)33-18-21-12-7-4-8-13-21/h3-8,10-13,19,22-23H,9,14-18H2,1-2H3,(H,27,29)/t22-,23+/m0/s1. The largest absolute Gasteiger partial charge is 0.459 e. The van der Waals surface area contributed by atoms with Crippen LogP contribution >= 0.6 is 0 Å². The molecule has 1 heterocycles. The first-order chi connectivity index (χ1) is 15.9. The molecule has 1 aliphatic rings. The topological polar surface area (TPSA) is 84.9 Å². The fourth-order valence-corrected chi connectivity index (χ4v) is 3.84. The van der Waals surface area contributed by atoms with Crippen molar-refractivity contribution in [2.45, 2.75) is 58.4 Å². The molecule has 1 N–H and O–H groups in total. The van der Waals surface area contributed by atoms with E-state index in [4.69, 9.17) is 9.47 Å². The zero-order chi connectivity index (χ0) is 23.6. The zero-order valence-electron chi connectivity index (χ0n) is 19.2. The highest BCUT2D eigenvalue weighted by molar-refractivity contribution is 5.90. The first-order valence-corrected chi connectivity index (χ1v) is 11.4. The summed E-state index contributed by atoms with van der Waals surface area (Å²) >= 11 is 0. The van der Waals surface area contributed by atoms with E-state index in [9.17, 15) is 14.4 Å². The Balaban J connectivity index is 1.57. The molecule has 0 spiro atoms. The van der Waals surface area contributed by atoms with Gasteiger partial charge in [0.1, 0.15) is 25.3 Å². The normalized spacial score (nSPS) is 16.3. The number of carbonyl (C=O) groups is 3. The van der Waals surface area contributed by atoms with Crippen LogP contribution in [0.2, 0.25) is 0 Å². The molecule has 176 valence electrons. The number of benzene rings is 2. The molecule has 2 aromatic rings. The lowest BCUT2D eigenvalue weighted by Crippen LogP contribution is -2.51. The van der Waals surface area contributed by atoms with Gasteiger partial charge in [-0.3, -0.25) is 9.69 Å². The average Bonchev–Trinajstić information content (AvgIpc) is 3.32. The number of esters is 1. The van der Waals surface area contributed by atoms with E-state index in [1.807, 2.05) is 74.5 Å². The van der Waals surface area contributed by atoms with E-state index in [0.717, 1.165) is 11.1 Å². The second-order valence-electron chi connectivity index (χ2n) is 8.68. The van der Waals surface area contributed by atoms with Crippen LogP contribution in [0.5, 0.6) is 0 Å². The summed E-state index contributed by atoms with van der Waals surface area (Å²) in [5.41, 5.74) is 1.76. The number of carbonyl (C=O) groups excluding carboxylic acids is 3. The number of nitrogens with zero attached hydrogens (tertiary/aromatic N) is 1. The maximum Gasteiger partial charge on any atom is 0.410 e. The van der Waals surface area contributed by atoms with Crippen LogP contribution in [0.25, 0.3) is 0 Å². The van der Waals surface area contributed by atoms with Gasteiger partial charge in [-0.1, -0.05) is 74.5 Å². The molecule has 0 aliphatic carbocycles. The average molecular weight is 453 g/mol. The van der Waals surface area contributed by atoms with Gasteiger partial charge in [-0.15, -0.1) is 0 Å². The van der Waals surface area contributed by atoms with Crippen molar-refractivity contribution in [2.24, 2.45) is 5.92 Å². The van der Waals surface area contributed by atoms with Crippen molar-refractivity contribution >= 4 is 18.0 Å². The molecule has 2 amide bonds. The Morgan fingerprint density at radius 3 is 2.09 bits per heavy atom. The molecule has 0 aromatic heterocycles. The van der Waals surface area contributed by atoms with Crippen molar-refractivity contribution < 1.29 is 23.9 Å². The van der Waals surface area contributed by atoms with Gasteiger partial charge in [-0.25, -0.2) is 9.59 Å². The smallest absolute Gasteiger partial charge is 0.410 e. The predicted molar refractivity (Wildman–Crippen MR) is 124 cm³/mol. The quantitative estimate of drug-likeness (QED) is 0.580. The van der Waals surface area contributed by atoms with Crippen LogP contribution in [-0.2, 0) is 32.3 Å². The Kier molecular flexibility index (Phi) is 8.87. The molecule has 0 saturated carbocycles. The van der Waals surface area contributed by atoms with E-state index in [1.165, 1.54) is 4.90 Å². The van der Waals surface area contributed by atoms with Gasteiger partial charge in [0, 0.05) is 6.54 Å². The summed E-state index contributed by atoms with van der Waals surface area (Å²) < 4.78 is 10.9. The van der Waals surface area contributed by atoms with Crippen molar-refractivity contribution in [3.63, 3.8) is 0 Å². The molecule has 3 rings (SSSR count). The number of amides is 2. The Hall–Kier alpha value is -3.35. The van der Waals surface area contributed by atoms with Gasteiger partial charge < -0.3 is 14.8 Å². The Bertz CT molecular complexity index is 917. The second-order valence-corrected chi connectivity index (χ2v) is 8.68. The summed E-state index contributed by atoms with van der Waals surface area (Å²) in [6.07, 6.45) is 1.15. The van der Waals surface area contributed by atoms with Gasteiger partial charge in [-0.05, 0) is 36.3 Å². The minimum absolute atomic E-state index is 0.144. The molecule has 1 fully saturated rings. The van der Waals surface area contributed by atoms with Crippen molar-refractivity contribution in [3.05, 3.63) is 71.8 Å². The molecule has 1 saturated heterocycles. The molecule has 0 unspecified atom stereocenters. The summed E-state index contributed by atoms with van der Waals surface area (Å²) in [7, 11) is 0. The van der Waals surface area contributed by atoms with Gasteiger partial charge in [0.25, 0.3) is 0 Å². The molecule has 2 atom stereocenters. The van der Waals surface area contributed by atoms with Gasteiger partial charge in [0.2, 0.25) is 5.91 Å². The Morgan fingerprint density at radius 2 is 1.52 bits per heavy atom. The molecule has 0 radical (unpaired) electrons. The predicted octanol–water partition coefficient (Wildman–Crippen LogP) is 4.06. The van der Waals surface area contributed by atoms with E-state index >= 15 is 0 Å². The maximum atomic E-state index is 13.0. The summed E-state index contributed by atoms with van der Waals surface area (Å²) in [5.74, 6) is -0.654. The summed E-state index contributed by atoms with van der Waals surface area (Å²) in [5, 5.41) is 2.82. The Morgan fingerprint density at radius 1 is 0.939 bits per heavy atom. The second kappa shape index (κ2) is 12.0. The van der Waals surface area contributed by atoms with E-state index in [-0.39, 0.29) is 25.0 Å². The van der Waals surface area contributed by atoms with Gasteiger partial charge in [0.05, 0.1) is 0 Å². The first kappa shape index (κ1) is 24.3. The zero-order valence-corrected chi connectivity index (χ0v) is 19.2. The summed E-state index contributed by atoms with van der Waals surface area (Å²) in [6, 6.07) is 17.4. The fourth-order valence-electron chi connectivity index (χ4n) is 3.84. The fraction of sp³-hybridized carbons (Fsp3) is 0.423. The Labute approximate surface area is 195 Å². The molecule has 1 aliphatic heterocycles. The molecule has 7 nitrogen and oxygen atoms in total. The molecule has 7 heteroatoms. The minimum Gasteiger partial charge on any atom is -0.459 e. The molecule has 33 heavy (non-hydrogen) atoms. The van der Waals surface area contributed by atoms with E-state index in [0.29, 0.717) is 25.8 Å². The van der Waals surface area contributed by atoms with Crippen LogP contribution in [0.3, 0.4) is 0 Å². The molecular weight excluding hydrogens is 420 g/mol. The number of hydrogen-bond donors (Lipinski definition) is 1. The number of likely N-dealkylation sites (tertiary alicyclic amines) is 1. The summed E-state index contributed by atoms with van der Waals surface area (Å²) in [6.45, 7) is 4.69. The monoisotopic (exact) mass is 452 g/mol. The third-order valence-electron chi connectivity index (χ3n) is 5.53. The van der Waals surface area contributed by atoms with E-state index in [2.05, 4.69) is 5.32 Å². The highest BCUT2D eigenvalue weighted by atomic mass is 16.6. The molecular formula is C26H32N2O5. The van der Waals surface area contributed by atoms with Crippen LogP contribution in [0, 0.1) is 5.92 Å². The first-order valence-electron chi connectivity index (χ1n) is 11.4. The van der Waals surface area contributed by atoms with Crippen LogP contribution < -0.4 is 5.32 Å². The van der Waals surface area contributed by atoms with Crippen molar-refractivity contribution in [1.29, 1.82) is 0 Å². The van der Waals surface area contributed by atoms with Crippen LogP contribution in [-0.4, -0.2) is 41.5 Å². The van der Waals surface area contributed by atoms with E-state index < -0.39 is 24.1 Å². The van der Waals surface area contributed by atoms with Crippen LogP contribution in [0.4, 0.5) is 4.79 Å². The minimum atomic E-state index is -0.774. The number of rotatable bonds is 9. The lowest BCUT2D eigenvalue weighted by atomic mass is 10.0. The van der Waals surface area contributed by atoms with Gasteiger partial charge in [0.15, 0.2) is 0 Å². The molecule has 0 bridgehead atoms. The lowest BCUT2D eigenvalue weighted by molar-refractivity contribution is -0.150. The van der Waals surface area contributed by atoms with Crippen molar-refractivity contribution in [3.8, 4) is 0 Å².